The summed E-state index contributed by atoms with van der Waals surface area (Å²) in [7, 11) is 0. The summed E-state index contributed by atoms with van der Waals surface area (Å²) in [6, 6.07) is 7.36. The fourth-order valence-electron chi connectivity index (χ4n) is 1.13. The van der Waals surface area contributed by atoms with Crippen LogP contribution in [0.3, 0.4) is 0 Å². The number of benzene rings is 1. The first kappa shape index (κ1) is 5.13. The summed E-state index contributed by atoms with van der Waals surface area (Å²) in [6.45, 7) is 0. The van der Waals surface area contributed by atoms with Gasteiger partial charge >= 0.3 is 0 Å². The van der Waals surface area contributed by atoms with E-state index in [0.29, 0.717) is 5.56 Å². The molecule has 11 heavy (non-hydrogen) atoms. The smallest absolute Gasteiger partial charge is 0.166 e. The predicted molar refractivity (Wildman–Crippen MR) is 43.7 cm³/mol. The van der Waals surface area contributed by atoms with Crippen molar-refractivity contribution in [2.45, 2.75) is 0 Å². The summed E-state index contributed by atoms with van der Waals surface area (Å²) >= 11 is 0. The number of carbonyl (C=O) groups is 1. The van der Waals surface area contributed by atoms with Crippen LogP contribution in [0, 0.1) is 0 Å². The normalized spacial score (nSPS) is 11.5. The van der Waals surface area contributed by atoms with Gasteiger partial charge in [0.2, 0.25) is 0 Å². The molecule has 0 fully saturated rings. The molecule has 54 valence electrons. The van der Waals surface area contributed by atoms with Gasteiger partial charge in [0, 0.05) is 22.7 Å². The lowest BCUT2D eigenvalue weighted by atomic mass is 10.2. The molecule has 2 heteroatoms. The van der Waals surface area contributed by atoms with Gasteiger partial charge < -0.3 is 4.98 Å². The highest BCUT2D eigenvalue weighted by Crippen LogP contribution is 2.14. The third-order valence-electron chi connectivity index (χ3n) is 1.68. The van der Waals surface area contributed by atoms with Gasteiger partial charge in [-0.15, -0.1) is 0 Å². The Morgan fingerprint density at radius 3 is 3.09 bits per heavy atom. The SMILES string of the molecule is [2H]n1cc(C=O)c2ccccc21. The molecule has 0 amide bonds. The van der Waals surface area contributed by atoms with E-state index in [4.69, 9.17) is 1.41 Å². The average Bonchev–Trinajstić information content (AvgIpc) is 2.44. The van der Waals surface area contributed by atoms with E-state index >= 15 is 0 Å². The van der Waals surface area contributed by atoms with E-state index in [1.165, 1.54) is 11.2 Å². The molecular formula is C9H7NO. The number of carbonyl (C=O) groups excluding carboxylic acids is 1. The zero-order valence-electron chi connectivity index (χ0n) is 6.82. The van der Waals surface area contributed by atoms with Crippen molar-refractivity contribution in [3.63, 3.8) is 0 Å². The summed E-state index contributed by atoms with van der Waals surface area (Å²) in [6.07, 6.45) is 2.28. The second-order valence-electron chi connectivity index (χ2n) is 2.35. The van der Waals surface area contributed by atoms with Crippen molar-refractivity contribution >= 4 is 17.2 Å². The van der Waals surface area contributed by atoms with Crippen LogP contribution >= 0.6 is 0 Å². The van der Waals surface area contributed by atoms with Crippen molar-refractivity contribution in [1.29, 1.82) is 0 Å². The van der Waals surface area contributed by atoms with Crippen LogP contribution in [0.5, 0.6) is 0 Å². The average molecular weight is 146 g/mol. The van der Waals surface area contributed by atoms with Gasteiger partial charge in [-0.05, 0) is 6.07 Å². The Labute approximate surface area is 65.3 Å². The van der Waals surface area contributed by atoms with Gasteiger partial charge in [0.1, 0.15) is 0 Å². The van der Waals surface area contributed by atoms with E-state index in [2.05, 4.69) is 0 Å². The number of rotatable bonds is 1. The van der Waals surface area contributed by atoms with Crippen molar-refractivity contribution < 1.29 is 6.21 Å². The van der Waals surface area contributed by atoms with Crippen molar-refractivity contribution in [3.8, 4) is 0 Å². The van der Waals surface area contributed by atoms with Gasteiger partial charge in [0.25, 0.3) is 0 Å². The molecule has 1 aromatic carbocycles. The van der Waals surface area contributed by atoms with Gasteiger partial charge in [0.15, 0.2) is 7.70 Å². The number of nitrogens with one attached hydrogen (secondary N) is 1. The number of para-hydroxylation sites is 1. The second kappa shape index (κ2) is 2.23. The summed E-state index contributed by atoms with van der Waals surface area (Å²) in [4.78, 5) is 11.7. The molecule has 2 nitrogen and oxygen atoms in total. The number of hydrogen-bond acceptors (Lipinski definition) is 1. The summed E-state index contributed by atoms with van der Waals surface area (Å²) < 4.78 is 7.45. The third kappa shape index (κ3) is 0.835. The number of aromatic nitrogens is 1. The first-order valence-corrected chi connectivity index (χ1v) is 3.37. The van der Waals surface area contributed by atoms with Crippen LogP contribution < -0.4 is 0 Å². The first-order valence-electron chi connectivity index (χ1n) is 3.82. The lowest BCUT2D eigenvalue weighted by molar-refractivity contribution is 0.112. The van der Waals surface area contributed by atoms with Crippen molar-refractivity contribution in [2.24, 2.45) is 0 Å². The molecule has 1 heterocycles. The Balaban J connectivity index is 2.91. The van der Waals surface area contributed by atoms with Gasteiger partial charge in [-0.1, -0.05) is 18.2 Å². The molecule has 0 radical (unpaired) electrons. The fraction of sp³-hybridized carbons (Fsp3) is 0. The Morgan fingerprint density at radius 2 is 2.27 bits per heavy atom. The molecule has 0 aliphatic carbocycles. The largest absolute Gasteiger partial charge is 0.360 e. The number of H-pyrrole nitrogens is 1. The first-order chi connectivity index (χ1) is 5.83. The van der Waals surface area contributed by atoms with Crippen LogP contribution in [0.2, 0.25) is 1.41 Å². The third-order valence-corrected chi connectivity index (χ3v) is 1.68. The molecule has 0 bridgehead atoms. The molecule has 0 saturated heterocycles. The quantitative estimate of drug-likeness (QED) is 0.613. The number of aldehydes is 1. The Bertz CT molecular complexity index is 433. The summed E-state index contributed by atoms with van der Waals surface area (Å²) in [5.41, 5.74) is 1.33. The molecule has 1 N–H and O–H groups in total. The van der Waals surface area contributed by atoms with Gasteiger partial charge in [0.05, 0.1) is 0 Å². The Hall–Kier alpha value is -1.57. The van der Waals surface area contributed by atoms with Crippen molar-refractivity contribution in [3.05, 3.63) is 36.0 Å². The monoisotopic (exact) mass is 146 g/mol. The van der Waals surface area contributed by atoms with E-state index in [0.717, 1.165) is 17.2 Å². The number of fused-ring (bicyclic) bond motifs is 1. The van der Waals surface area contributed by atoms with Crippen LogP contribution in [0.4, 0.5) is 0 Å². The second-order valence-corrected chi connectivity index (χ2v) is 2.35. The van der Waals surface area contributed by atoms with E-state index < -0.39 is 0 Å². The van der Waals surface area contributed by atoms with Crippen LogP contribution in [-0.4, -0.2) is 11.3 Å². The molecule has 2 aromatic rings. The molecule has 0 atom stereocenters. The summed E-state index contributed by atoms with van der Waals surface area (Å²) in [5, 5.41) is 0.836. The van der Waals surface area contributed by atoms with E-state index in [-0.39, 0.29) is 0 Å². The molecule has 0 aliphatic rings. The van der Waals surface area contributed by atoms with Crippen molar-refractivity contribution in [2.75, 3.05) is 0 Å². The van der Waals surface area contributed by atoms with Gasteiger partial charge in [-0.25, -0.2) is 0 Å². The van der Waals surface area contributed by atoms with E-state index in [1.54, 1.807) is 0 Å². The maximum absolute atomic E-state index is 10.5. The van der Waals surface area contributed by atoms with Crippen LogP contribution in [0.1, 0.15) is 10.4 Å². The van der Waals surface area contributed by atoms with Crippen LogP contribution in [-0.2, 0) is 0 Å². The molecule has 0 unspecified atom stereocenters. The highest BCUT2D eigenvalue weighted by molar-refractivity contribution is 5.96. The van der Waals surface area contributed by atoms with Gasteiger partial charge in [-0.3, -0.25) is 4.79 Å². The zero-order valence-corrected chi connectivity index (χ0v) is 5.82. The Morgan fingerprint density at radius 1 is 1.45 bits per heavy atom. The summed E-state index contributed by atoms with van der Waals surface area (Å²) in [5.74, 6) is 0. The maximum Gasteiger partial charge on any atom is 0.166 e. The van der Waals surface area contributed by atoms with Crippen LogP contribution in [0.25, 0.3) is 10.9 Å². The number of aromatic amines is 1. The van der Waals surface area contributed by atoms with E-state index in [9.17, 15) is 4.79 Å². The van der Waals surface area contributed by atoms with E-state index in [1.807, 2.05) is 24.3 Å². The minimum absolute atomic E-state index is 0.570. The number of hydrogen-bond donors (Lipinski definition) is 1. The lowest BCUT2D eigenvalue weighted by Gasteiger charge is -1.86. The minimum Gasteiger partial charge on any atom is -0.360 e. The zero-order chi connectivity index (χ0) is 8.55. The molecule has 2 rings (SSSR count). The minimum atomic E-state index is 0.570. The molecule has 1 aromatic heterocycles. The predicted octanol–water partition coefficient (Wildman–Crippen LogP) is 1.98. The lowest BCUT2D eigenvalue weighted by Crippen LogP contribution is -1.72. The highest BCUT2D eigenvalue weighted by atomic mass is 16.1. The maximum atomic E-state index is 10.5. The highest BCUT2D eigenvalue weighted by Gasteiger charge is 1.98. The standard InChI is InChI=1S/C9H7NO/c11-6-7-5-10-9-4-2-1-3-8(7)9/h1-6,10H/i/hD. The Kier molecular flexibility index (Phi) is 1.04. The van der Waals surface area contributed by atoms with Gasteiger partial charge in [-0.2, -0.15) is 0 Å². The molecule has 0 aliphatic heterocycles. The molecule has 0 spiro atoms. The fourth-order valence-corrected chi connectivity index (χ4v) is 1.13. The van der Waals surface area contributed by atoms with Crippen molar-refractivity contribution in [1.82, 2.24) is 4.98 Å². The topological polar surface area (TPSA) is 32.9 Å². The molecule has 0 saturated carbocycles. The van der Waals surface area contributed by atoms with Crippen LogP contribution in [0.15, 0.2) is 30.5 Å². The molecular weight excluding hydrogens is 138 g/mol.